The molecule has 7 nitrogen and oxygen atoms in total. The van der Waals surface area contributed by atoms with Crippen LogP contribution in [0.1, 0.15) is 23.2 Å². The van der Waals surface area contributed by atoms with Gasteiger partial charge in [-0.2, -0.15) is 0 Å². The molecule has 1 aromatic heterocycles. The molecular weight excluding hydrogens is 282 g/mol. The topological polar surface area (TPSA) is 102 Å². The van der Waals surface area contributed by atoms with Gasteiger partial charge >= 0.3 is 0 Å². The Morgan fingerprint density at radius 2 is 2.20 bits per heavy atom. The van der Waals surface area contributed by atoms with Gasteiger partial charge in [-0.05, 0) is 20.3 Å². The summed E-state index contributed by atoms with van der Waals surface area (Å²) in [5, 5.41) is 14.1. The van der Waals surface area contributed by atoms with Gasteiger partial charge in [-0.3, -0.25) is 15.1 Å². The molecule has 0 saturated carbocycles. The Kier molecular flexibility index (Phi) is 4.05. The molecule has 1 fully saturated rings. The molecule has 1 aliphatic rings. The lowest BCUT2D eigenvalue weighted by Crippen LogP contribution is -2.30. The van der Waals surface area contributed by atoms with Crippen LogP contribution in [0.4, 0.5) is 5.69 Å². The third kappa shape index (κ3) is 3.13. The molecule has 20 heavy (non-hydrogen) atoms. The fourth-order valence-corrected chi connectivity index (χ4v) is 4.13. The summed E-state index contributed by atoms with van der Waals surface area (Å²) in [6.45, 7) is 3.66. The van der Waals surface area contributed by atoms with Crippen LogP contribution in [0.5, 0.6) is 0 Å². The molecule has 0 bridgehead atoms. The minimum atomic E-state index is -2.93. The molecule has 1 atom stereocenters. The minimum Gasteiger partial charge on any atom is -0.307 e. The lowest BCUT2D eigenvalue weighted by molar-refractivity contribution is -0.386. The van der Waals surface area contributed by atoms with Crippen molar-refractivity contribution < 1.29 is 13.3 Å². The summed E-state index contributed by atoms with van der Waals surface area (Å²) in [6, 6.07) is -0.0958. The smallest absolute Gasteiger partial charge is 0.278 e. The zero-order valence-corrected chi connectivity index (χ0v) is 12.2. The molecule has 0 radical (unpaired) electrons. The zero-order chi connectivity index (χ0) is 14.9. The number of aryl methyl sites for hydroxylation is 1. The highest BCUT2D eigenvalue weighted by Gasteiger charge is 2.28. The highest BCUT2D eigenvalue weighted by molar-refractivity contribution is 7.91. The van der Waals surface area contributed by atoms with Gasteiger partial charge in [0.05, 0.1) is 22.1 Å². The summed E-state index contributed by atoms with van der Waals surface area (Å²) in [5.41, 5.74) is 1.73. The van der Waals surface area contributed by atoms with Gasteiger partial charge in [0.1, 0.15) is 0 Å². The first-order chi connectivity index (χ1) is 9.30. The van der Waals surface area contributed by atoms with Crippen molar-refractivity contribution in [3.05, 3.63) is 33.1 Å². The van der Waals surface area contributed by atoms with Crippen molar-refractivity contribution in [2.45, 2.75) is 32.9 Å². The second-order valence-electron chi connectivity index (χ2n) is 5.10. The normalized spacial score (nSPS) is 21.0. The van der Waals surface area contributed by atoms with Crippen molar-refractivity contribution in [2.24, 2.45) is 0 Å². The first-order valence-corrected chi connectivity index (χ1v) is 8.15. The van der Waals surface area contributed by atoms with E-state index in [4.69, 9.17) is 0 Å². The Morgan fingerprint density at radius 3 is 2.75 bits per heavy atom. The molecule has 0 amide bonds. The number of nitrogens with zero attached hydrogens (tertiary/aromatic N) is 2. The molecule has 1 aromatic rings. The SMILES string of the molecule is Cc1cnc(CNC2CCS(=O)(=O)C2)c(C)c1[N+](=O)[O-]. The van der Waals surface area contributed by atoms with Crippen molar-refractivity contribution in [1.29, 1.82) is 0 Å². The number of rotatable bonds is 4. The molecule has 1 N–H and O–H groups in total. The van der Waals surface area contributed by atoms with Crippen LogP contribution in [0.25, 0.3) is 0 Å². The van der Waals surface area contributed by atoms with E-state index in [1.54, 1.807) is 13.8 Å². The van der Waals surface area contributed by atoms with Crippen molar-refractivity contribution in [1.82, 2.24) is 10.3 Å². The summed E-state index contributed by atoms with van der Waals surface area (Å²) < 4.78 is 22.7. The van der Waals surface area contributed by atoms with E-state index >= 15 is 0 Å². The lowest BCUT2D eigenvalue weighted by atomic mass is 10.1. The maximum atomic E-state index is 11.4. The Labute approximate surface area is 117 Å². The molecule has 1 saturated heterocycles. The van der Waals surface area contributed by atoms with Crippen LogP contribution < -0.4 is 5.32 Å². The van der Waals surface area contributed by atoms with Gasteiger partial charge in [-0.25, -0.2) is 8.42 Å². The van der Waals surface area contributed by atoms with E-state index in [-0.39, 0.29) is 23.2 Å². The quantitative estimate of drug-likeness (QED) is 0.654. The van der Waals surface area contributed by atoms with Crippen LogP contribution in [0, 0.1) is 24.0 Å². The predicted octanol–water partition coefficient (Wildman–Crippen LogP) is 0.883. The second kappa shape index (κ2) is 5.45. The van der Waals surface area contributed by atoms with Gasteiger partial charge in [0.15, 0.2) is 9.84 Å². The van der Waals surface area contributed by atoms with E-state index in [1.165, 1.54) is 6.20 Å². The van der Waals surface area contributed by atoms with Gasteiger partial charge in [0.2, 0.25) is 0 Å². The molecule has 1 aliphatic heterocycles. The van der Waals surface area contributed by atoms with Crippen molar-refractivity contribution in [3.8, 4) is 0 Å². The van der Waals surface area contributed by atoms with E-state index in [0.717, 1.165) is 0 Å². The standard InChI is InChI=1S/C12H17N3O4S/c1-8-5-14-11(9(2)12(8)15(16)17)6-13-10-3-4-20(18,19)7-10/h5,10,13H,3-4,6-7H2,1-2H3. The van der Waals surface area contributed by atoms with Gasteiger partial charge in [0.25, 0.3) is 5.69 Å². The largest absolute Gasteiger partial charge is 0.307 e. The third-order valence-corrected chi connectivity index (χ3v) is 5.32. The molecule has 2 heterocycles. The average Bonchev–Trinajstić information content (AvgIpc) is 2.67. The lowest BCUT2D eigenvalue weighted by Gasteiger charge is -2.12. The summed E-state index contributed by atoms with van der Waals surface area (Å²) in [7, 11) is -2.93. The number of nitro groups is 1. The number of sulfone groups is 1. The van der Waals surface area contributed by atoms with E-state index < -0.39 is 14.8 Å². The number of aromatic nitrogens is 1. The van der Waals surface area contributed by atoms with Crippen LogP contribution in [-0.4, -0.2) is 35.9 Å². The molecule has 1 unspecified atom stereocenters. The molecule has 0 aromatic carbocycles. The van der Waals surface area contributed by atoms with Crippen LogP contribution in [0.15, 0.2) is 6.20 Å². The summed E-state index contributed by atoms with van der Waals surface area (Å²) in [5.74, 6) is 0.325. The molecule has 0 aliphatic carbocycles. The number of hydrogen-bond acceptors (Lipinski definition) is 6. The first-order valence-electron chi connectivity index (χ1n) is 6.33. The van der Waals surface area contributed by atoms with Crippen LogP contribution in [0.3, 0.4) is 0 Å². The Balaban J connectivity index is 2.11. The van der Waals surface area contributed by atoms with E-state index in [1.807, 2.05) is 0 Å². The number of nitrogens with one attached hydrogen (secondary N) is 1. The fourth-order valence-electron chi connectivity index (χ4n) is 2.42. The molecular formula is C12H17N3O4S. The highest BCUT2D eigenvalue weighted by atomic mass is 32.2. The number of hydrogen-bond donors (Lipinski definition) is 1. The Morgan fingerprint density at radius 1 is 1.50 bits per heavy atom. The Hall–Kier alpha value is -1.54. The first kappa shape index (κ1) is 14.9. The van der Waals surface area contributed by atoms with Gasteiger partial charge < -0.3 is 5.32 Å². The van der Waals surface area contributed by atoms with Crippen molar-refractivity contribution in [2.75, 3.05) is 11.5 Å². The van der Waals surface area contributed by atoms with E-state index in [0.29, 0.717) is 29.8 Å². The van der Waals surface area contributed by atoms with E-state index in [9.17, 15) is 18.5 Å². The predicted molar refractivity (Wildman–Crippen MR) is 74.3 cm³/mol. The summed E-state index contributed by atoms with van der Waals surface area (Å²) in [4.78, 5) is 14.8. The van der Waals surface area contributed by atoms with Crippen LogP contribution in [-0.2, 0) is 16.4 Å². The molecule has 110 valence electrons. The van der Waals surface area contributed by atoms with Gasteiger partial charge in [0, 0.05) is 29.9 Å². The molecule has 0 spiro atoms. The van der Waals surface area contributed by atoms with Gasteiger partial charge in [-0.15, -0.1) is 0 Å². The fraction of sp³-hybridized carbons (Fsp3) is 0.583. The van der Waals surface area contributed by atoms with Crippen LogP contribution >= 0.6 is 0 Å². The summed E-state index contributed by atoms with van der Waals surface area (Å²) in [6.07, 6.45) is 2.06. The number of pyridine rings is 1. The zero-order valence-electron chi connectivity index (χ0n) is 11.4. The minimum absolute atomic E-state index is 0.0795. The average molecular weight is 299 g/mol. The van der Waals surface area contributed by atoms with Crippen molar-refractivity contribution >= 4 is 15.5 Å². The monoisotopic (exact) mass is 299 g/mol. The highest BCUT2D eigenvalue weighted by Crippen LogP contribution is 2.24. The van der Waals surface area contributed by atoms with E-state index in [2.05, 4.69) is 10.3 Å². The Bertz CT molecular complexity index is 642. The maximum absolute atomic E-state index is 11.4. The third-order valence-electron chi connectivity index (χ3n) is 3.55. The van der Waals surface area contributed by atoms with Gasteiger partial charge in [-0.1, -0.05) is 0 Å². The van der Waals surface area contributed by atoms with Crippen LogP contribution in [0.2, 0.25) is 0 Å². The maximum Gasteiger partial charge on any atom is 0.278 e. The molecule has 8 heteroatoms. The van der Waals surface area contributed by atoms with Crippen molar-refractivity contribution in [3.63, 3.8) is 0 Å². The second-order valence-corrected chi connectivity index (χ2v) is 7.33. The summed E-state index contributed by atoms with van der Waals surface area (Å²) >= 11 is 0. The molecule has 2 rings (SSSR count).